The highest BCUT2D eigenvalue weighted by Crippen LogP contribution is 2.57. The van der Waals surface area contributed by atoms with E-state index in [1.807, 2.05) is 6.07 Å². The van der Waals surface area contributed by atoms with E-state index in [1.54, 1.807) is 6.07 Å². The molecular formula is C17H24O2. The van der Waals surface area contributed by atoms with Gasteiger partial charge in [-0.3, -0.25) is 0 Å². The van der Waals surface area contributed by atoms with Gasteiger partial charge in [0, 0.05) is 6.61 Å². The van der Waals surface area contributed by atoms with Crippen molar-refractivity contribution < 1.29 is 10.2 Å². The number of rotatable bonds is 1. The minimum atomic E-state index is 0.0378. The van der Waals surface area contributed by atoms with Crippen LogP contribution in [0.2, 0.25) is 0 Å². The molecule has 2 aliphatic rings. The molecule has 104 valence electrons. The molecule has 1 saturated carbocycles. The molecule has 0 saturated heterocycles. The summed E-state index contributed by atoms with van der Waals surface area (Å²) in [4.78, 5) is 0. The van der Waals surface area contributed by atoms with Crippen LogP contribution in [0.4, 0.5) is 0 Å². The molecule has 0 amide bonds. The van der Waals surface area contributed by atoms with Gasteiger partial charge in [-0.2, -0.15) is 0 Å². The molecule has 2 aliphatic carbocycles. The van der Waals surface area contributed by atoms with Crippen molar-refractivity contribution in [1.29, 1.82) is 0 Å². The first-order valence-electron chi connectivity index (χ1n) is 7.43. The van der Waals surface area contributed by atoms with Gasteiger partial charge >= 0.3 is 0 Å². The largest absolute Gasteiger partial charge is 0.508 e. The number of hydrogen-bond donors (Lipinski definition) is 2. The Morgan fingerprint density at radius 3 is 2.79 bits per heavy atom. The van der Waals surface area contributed by atoms with Crippen LogP contribution in [0.15, 0.2) is 18.2 Å². The van der Waals surface area contributed by atoms with Crippen LogP contribution in [-0.2, 0) is 11.8 Å². The zero-order valence-corrected chi connectivity index (χ0v) is 11.9. The Kier molecular flexibility index (Phi) is 2.90. The molecule has 0 radical (unpaired) electrons. The summed E-state index contributed by atoms with van der Waals surface area (Å²) in [7, 11) is 0. The van der Waals surface area contributed by atoms with Crippen molar-refractivity contribution in [2.45, 2.75) is 51.4 Å². The number of phenolic OH excluding ortho intramolecular Hbond substituents is 1. The van der Waals surface area contributed by atoms with Gasteiger partial charge in [0.25, 0.3) is 0 Å². The van der Waals surface area contributed by atoms with Crippen LogP contribution in [0.5, 0.6) is 5.75 Å². The van der Waals surface area contributed by atoms with Crippen LogP contribution in [0.25, 0.3) is 0 Å². The van der Waals surface area contributed by atoms with E-state index < -0.39 is 0 Å². The lowest BCUT2D eigenvalue weighted by Crippen LogP contribution is -2.50. The molecule has 0 unspecified atom stereocenters. The molecule has 3 atom stereocenters. The summed E-state index contributed by atoms with van der Waals surface area (Å²) in [5, 5.41) is 19.7. The first kappa shape index (κ1) is 13.0. The minimum Gasteiger partial charge on any atom is -0.508 e. The molecule has 3 rings (SSSR count). The van der Waals surface area contributed by atoms with E-state index in [0.29, 0.717) is 11.7 Å². The second kappa shape index (κ2) is 4.24. The Balaban J connectivity index is 2.11. The number of fused-ring (bicyclic) bond motifs is 3. The third-order valence-electron chi connectivity index (χ3n) is 5.83. The van der Waals surface area contributed by atoms with E-state index in [9.17, 15) is 10.2 Å². The molecule has 0 bridgehead atoms. The highest BCUT2D eigenvalue weighted by molar-refractivity contribution is 5.43. The summed E-state index contributed by atoms with van der Waals surface area (Å²) in [6.07, 6.45) is 5.69. The zero-order chi connectivity index (χ0) is 13.7. The second-order valence-electron chi connectivity index (χ2n) is 7.02. The van der Waals surface area contributed by atoms with Crippen molar-refractivity contribution in [3.8, 4) is 5.75 Å². The standard InChI is InChI=1S/C17H24O2/c1-16(11-18)8-3-9-17(2)14-10-13(19)6-4-12(14)5-7-15(16)17/h4,6,10,15,18-19H,3,5,7-9,11H2,1-2H3/t15-,16+,17+/m0/s1. The van der Waals surface area contributed by atoms with Gasteiger partial charge < -0.3 is 10.2 Å². The van der Waals surface area contributed by atoms with Crippen molar-refractivity contribution in [2.75, 3.05) is 6.61 Å². The van der Waals surface area contributed by atoms with Gasteiger partial charge in [-0.25, -0.2) is 0 Å². The topological polar surface area (TPSA) is 40.5 Å². The number of aliphatic hydroxyl groups is 1. The minimum absolute atomic E-state index is 0.0378. The molecule has 0 aromatic heterocycles. The van der Waals surface area contributed by atoms with Gasteiger partial charge in [0.15, 0.2) is 0 Å². The van der Waals surface area contributed by atoms with Gasteiger partial charge in [0.2, 0.25) is 0 Å². The maximum absolute atomic E-state index is 9.86. The molecule has 0 spiro atoms. The second-order valence-corrected chi connectivity index (χ2v) is 7.02. The Hall–Kier alpha value is -1.02. The number of aryl methyl sites for hydroxylation is 1. The number of hydrogen-bond acceptors (Lipinski definition) is 2. The highest BCUT2D eigenvalue weighted by atomic mass is 16.3. The van der Waals surface area contributed by atoms with E-state index in [2.05, 4.69) is 19.9 Å². The van der Waals surface area contributed by atoms with Crippen LogP contribution in [0, 0.1) is 11.3 Å². The fraction of sp³-hybridized carbons (Fsp3) is 0.647. The van der Waals surface area contributed by atoms with Crippen molar-refractivity contribution >= 4 is 0 Å². The Morgan fingerprint density at radius 1 is 1.26 bits per heavy atom. The molecular weight excluding hydrogens is 236 g/mol. The first-order chi connectivity index (χ1) is 8.99. The SMILES string of the molecule is C[C@]1(CO)CCC[C@]2(C)c3cc(O)ccc3CC[C@@H]12. The van der Waals surface area contributed by atoms with E-state index in [-0.39, 0.29) is 17.4 Å². The molecule has 2 nitrogen and oxygen atoms in total. The average molecular weight is 260 g/mol. The fourth-order valence-electron chi connectivity index (χ4n) is 4.77. The predicted molar refractivity (Wildman–Crippen MR) is 76.3 cm³/mol. The molecule has 19 heavy (non-hydrogen) atoms. The Labute approximate surface area is 115 Å². The van der Waals surface area contributed by atoms with Crippen LogP contribution < -0.4 is 0 Å². The number of aliphatic hydroxyl groups excluding tert-OH is 1. The summed E-state index contributed by atoms with van der Waals surface area (Å²) in [5.41, 5.74) is 2.86. The van der Waals surface area contributed by atoms with Gasteiger partial charge in [-0.15, -0.1) is 0 Å². The van der Waals surface area contributed by atoms with Gasteiger partial charge in [-0.1, -0.05) is 26.3 Å². The number of benzene rings is 1. The Bertz CT molecular complexity index is 496. The molecule has 1 aromatic rings. The van der Waals surface area contributed by atoms with E-state index >= 15 is 0 Å². The number of phenols is 1. The van der Waals surface area contributed by atoms with E-state index in [0.717, 1.165) is 19.3 Å². The monoisotopic (exact) mass is 260 g/mol. The van der Waals surface area contributed by atoms with Gasteiger partial charge in [-0.05, 0) is 65.7 Å². The highest BCUT2D eigenvalue weighted by Gasteiger charge is 2.51. The van der Waals surface area contributed by atoms with Gasteiger partial charge in [0.05, 0.1) is 0 Å². The van der Waals surface area contributed by atoms with Crippen LogP contribution in [0.3, 0.4) is 0 Å². The summed E-state index contributed by atoms with van der Waals surface area (Å²) in [6, 6.07) is 5.85. The first-order valence-corrected chi connectivity index (χ1v) is 7.43. The Morgan fingerprint density at radius 2 is 2.05 bits per heavy atom. The van der Waals surface area contributed by atoms with Crippen LogP contribution in [-0.4, -0.2) is 16.8 Å². The van der Waals surface area contributed by atoms with Gasteiger partial charge in [0.1, 0.15) is 5.75 Å². The van der Waals surface area contributed by atoms with Crippen molar-refractivity contribution in [2.24, 2.45) is 11.3 Å². The van der Waals surface area contributed by atoms with Crippen LogP contribution in [0.1, 0.15) is 50.7 Å². The number of aromatic hydroxyl groups is 1. The fourth-order valence-corrected chi connectivity index (χ4v) is 4.77. The quantitative estimate of drug-likeness (QED) is 0.812. The maximum Gasteiger partial charge on any atom is 0.115 e. The zero-order valence-electron chi connectivity index (χ0n) is 11.9. The van der Waals surface area contributed by atoms with E-state index in [1.165, 1.54) is 24.0 Å². The summed E-state index contributed by atoms with van der Waals surface area (Å²) in [5.74, 6) is 0.893. The lowest BCUT2D eigenvalue weighted by Gasteiger charge is -2.55. The van der Waals surface area contributed by atoms with Crippen LogP contribution >= 0.6 is 0 Å². The average Bonchev–Trinajstić information content (AvgIpc) is 2.39. The molecule has 1 aromatic carbocycles. The van der Waals surface area contributed by atoms with Crippen molar-refractivity contribution in [3.63, 3.8) is 0 Å². The molecule has 1 fully saturated rings. The van der Waals surface area contributed by atoms with E-state index in [4.69, 9.17) is 0 Å². The molecule has 0 aliphatic heterocycles. The normalized spacial score (nSPS) is 37.5. The predicted octanol–water partition coefficient (Wildman–Crippen LogP) is 3.39. The summed E-state index contributed by atoms with van der Waals surface area (Å²) < 4.78 is 0. The summed E-state index contributed by atoms with van der Waals surface area (Å²) in [6.45, 7) is 4.85. The molecule has 2 heteroatoms. The lowest BCUT2D eigenvalue weighted by atomic mass is 9.50. The third-order valence-corrected chi connectivity index (χ3v) is 5.83. The van der Waals surface area contributed by atoms with Crippen molar-refractivity contribution in [3.05, 3.63) is 29.3 Å². The smallest absolute Gasteiger partial charge is 0.115 e. The summed E-state index contributed by atoms with van der Waals surface area (Å²) >= 11 is 0. The maximum atomic E-state index is 9.86. The molecule has 2 N–H and O–H groups in total. The third kappa shape index (κ3) is 1.80. The lowest BCUT2D eigenvalue weighted by molar-refractivity contribution is -0.0179. The van der Waals surface area contributed by atoms with Crippen molar-refractivity contribution in [1.82, 2.24) is 0 Å². The molecule has 0 heterocycles.